The number of halogens is 2. The summed E-state index contributed by atoms with van der Waals surface area (Å²) >= 11 is 5.51. The van der Waals surface area contributed by atoms with Gasteiger partial charge >= 0.3 is 0 Å². The highest BCUT2D eigenvalue weighted by Crippen LogP contribution is 2.16. The molecule has 0 spiro atoms. The van der Waals surface area contributed by atoms with Crippen LogP contribution in [-0.2, 0) is 0 Å². The van der Waals surface area contributed by atoms with Gasteiger partial charge < -0.3 is 0 Å². The Morgan fingerprint density at radius 3 is 2.80 bits per heavy atom. The molecule has 10 heavy (non-hydrogen) atoms. The zero-order valence-corrected chi connectivity index (χ0v) is 5.90. The van der Waals surface area contributed by atoms with E-state index in [1.807, 2.05) is 0 Å². The maximum Gasteiger partial charge on any atom is 0.139 e. The molecule has 0 amide bonds. The van der Waals surface area contributed by atoms with E-state index in [2.05, 4.69) is 11.6 Å². The summed E-state index contributed by atoms with van der Waals surface area (Å²) in [5.74, 6) is -0.394. The lowest BCUT2D eigenvalue weighted by Crippen LogP contribution is -1.85. The predicted octanol–water partition coefficient (Wildman–Crippen LogP) is 2.52. The second kappa shape index (κ2) is 2.80. The predicted molar refractivity (Wildman–Crippen MR) is 39.3 cm³/mol. The van der Waals surface area contributed by atoms with Crippen molar-refractivity contribution in [1.82, 2.24) is 4.98 Å². The maximum atomic E-state index is 12.7. The summed E-state index contributed by atoms with van der Waals surface area (Å²) in [6.45, 7) is 3.39. The lowest BCUT2D eigenvalue weighted by atomic mass is 10.3. The van der Waals surface area contributed by atoms with E-state index in [0.717, 1.165) is 0 Å². The fourth-order valence-corrected chi connectivity index (χ4v) is 0.831. The smallest absolute Gasteiger partial charge is 0.139 e. The van der Waals surface area contributed by atoms with Crippen molar-refractivity contribution in [3.8, 4) is 0 Å². The van der Waals surface area contributed by atoms with Crippen molar-refractivity contribution < 1.29 is 4.39 Å². The fraction of sp³-hybridized carbons (Fsp3) is 0. The molecule has 0 aromatic carbocycles. The first-order chi connectivity index (χ1) is 4.75. The highest BCUT2D eigenvalue weighted by molar-refractivity contribution is 6.30. The molecule has 0 aliphatic rings. The topological polar surface area (TPSA) is 12.9 Å². The van der Waals surface area contributed by atoms with E-state index >= 15 is 0 Å². The highest BCUT2D eigenvalue weighted by atomic mass is 35.5. The Morgan fingerprint density at radius 2 is 2.40 bits per heavy atom. The molecule has 0 fully saturated rings. The van der Waals surface area contributed by atoms with Crippen LogP contribution in [0, 0.1) is 5.82 Å². The van der Waals surface area contributed by atoms with Crippen molar-refractivity contribution in [3.63, 3.8) is 0 Å². The Bertz CT molecular complexity index is 240. The number of aromatic nitrogens is 1. The molecule has 1 rings (SSSR count). The lowest BCUT2D eigenvalue weighted by molar-refractivity contribution is 0.623. The Balaban J connectivity index is 3.30. The Labute approximate surface area is 63.2 Å². The van der Waals surface area contributed by atoms with Crippen LogP contribution in [0.15, 0.2) is 18.8 Å². The van der Waals surface area contributed by atoms with Crippen LogP contribution in [0.5, 0.6) is 0 Å². The third kappa shape index (κ3) is 1.16. The van der Waals surface area contributed by atoms with Crippen LogP contribution < -0.4 is 0 Å². The van der Waals surface area contributed by atoms with E-state index in [1.54, 1.807) is 0 Å². The van der Waals surface area contributed by atoms with Crippen LogP contribution >= 0.6 is 11.6 Å². The van der Waals surface area contributed by atoms with Crippen molar-refractivity contribution in [2.45, 2.75) is 0 Å². The van der Waals surface area contributed by atoms with Gasteiger partial charge in [0.1, 0.15) is 11.0 Å². The summed E-state index contributed by atoms with van der Waals surface area (Å²) in [6, 6.07) is 1.24. The number of hydrogen-bond donors (Lipinski definition) is 0. The maximum absolute atomic E-state index is 12.7. The van der Waals surface area contributed by atoms with Crippen LogP contribution in [0.3, 0.4) is 0 Å². The van der Waals surface area contributed by atoms with E-state index < -0.39 is 5.82 Å². The first-order valence-electron chi connectivity index (χ1n) is 2.68. The summed E-state index contributed by atoms with van der Waals surface area (Å²) in [7, 11) is 0. The van der Waals surface area contributed by atoms with Crippen molar-refractivity contribution in [2.75, 3.05) is 0 Å². The van der Waals surface area contributed by atoms with Crippen LogP contribution in [-0.4, -0.2) is 4.98 Å². The zero-order chi connectivity index (χ0) is 7.56. The third-order valence-electron chi connectivity index (χ3n) is 1.09. The Kier molecular flexibility index (Phi) is 2.02. The van der Waals surface area contributed by atoms with Gasteiger partial charge in [0, 0.05) is 11.8 Å². The SMILES string of the molecule is C=Cc1c(F)ccnc1Cl. The second-order valence-corrected chi connectivity index (χ2v) is 2.06. The minimum atomic E-state index is -0.394. The molecular formula is C7H5ClFN. The average molecular weight is 158 g/mol. The zero-order valence-electron chi connectivity index (χ0n) is 5.14. The molecule has 0 unspecified atom stereocenters. The molecule has 0 radical (unpaired) electrons. The molecule has 0 aliphatic heterocycles. The van der Waals surface area contributed by atoms with Gasteiger partial charge in [0.25, 0.3) is 0 Å². The van der Waals surface area contributed by atoms with E-state index in [4.69, 9.17) is 11.6 Å². The molecule has 1 heterocycles. The number of pyridine rings is 1. The van der Waals surface area contributed by atoms with Gasteiger partial charge in [0.2, 0.25) is 0 Å². The molecule has 0 saturated carbocycles. The Morgan fingerprint density at radius 1 is 1.70 bits per heavy atom. The number of rotatable bonds is 1. The molecule has 1 aromatic rings. The van der Waals surface area contributed by atoms with Gasteiger partial charge in [-0.1, -0.05) is 24.3 Å². The summed E-state index contributed by atoms with van der Waals surface area (Å²) in [5.41, 5.74) is 0.254. The van der Waals surface area contributed by atoms with Crippen molar-refractivity contribution in [1.29, 1.82) is 0 Å². The summed E-state index contributed by atoms with van der Waals surface area (Å²) < 4.78 is 12.7. The first-order valence-corrected chi connectivity index (χ1v) is 3.06. The fourth-order valence-electron chi connectivity index (χ4n) is 0.608. The van der Waals surface area contributed by atoms with Crippen molar-refractivity contribution in [2.24, 2.45) is 0 Å². The van der Waals surface area contributed by atoms with E-state index in [1.165, 1.54) is 18.3 Å². The van der Waals surface area contributed by atoms with Gasteiger partial charge in [0.05, 0.1) is 0 Å². The molecule has 0 N–H and O–H groups in total. The van der Waals surface area contributed by atoms with Crippen molar-refractivity contribution >= 4 is 17.7 Å². The van der Waals surface area contributed by atoms with Gasteiger partial charge in [-0.2, -0.15) is 0 Å². The summed E-state index contributed by atoms with van der Waals surface area (Å²) in [6.07, 6.45) is 2.65. The normalized spacial score (nSPS) is 9.40. The minimum Gasteiger partial charge on any atom is -0.244 e. The monoisotopic (exact) mass is 157 g/mol. The molecular weight excluding hydrogens is 153 g/mol. The van der Waals surface area contributed by atoms with E-state index in [0.29, 0.717) is 0 Å². The van der Waals surface area contributed by atoms with Gasteiger partial charge in [-0.3, -0.25) is 0 Å². The standard InChI is InChI=1S/C7H5ClFN/c1-2-5-6(9)3-4-10-7(5)8/h2-4H,1H2. The molecule has 1 aromatic heterocycles. The second-order valence-electron chi connectivity index (χ2n) is 1.70. The van der Waals surface area contributed by atoms with E-state index in [-0.39, 0.29) is 10.7 Å². The molecule has 52 valence electrons. The van der Waals surface area contributed by atoms with Gasteiger partial charge in [0.15, 0.2) is 0 Å². The van der Waals surface area contributed by atoms with Gasteiger partial charge in [-0.25, -0.2) is 9.37 Å². The molecule has 3 heteroatoms. The Hall–Kier alpha value is -0.890. The van der Waals surface area contributed by atoms with Crippen LogP contribution in [0.1, 0.15) is 5.56 Å². The van der Waals surface area contributed by atoms with E-state index in [9.17, 15) is 4.39 Å². The van der Waals surface area contributed by atoms with Gasteiger partial charge in [-0.05, 0) is 6.07 Å². The number of nitrogens with zero attached hydrogens (tertiary/aromatic N) is 1. The van der Waals surface area contributed by atoms with Crippen molar-refractivity contribution in [3.05, 3.63) is 35.4 Å². The molecule has 0 bridgehead atoms. The third-order valence-corrected chi connectivity index (χ3v) is 1.39. The van der Waals surface area contributed by atoms with Crippen LogP contribution in [0.4, 0.5) is 4.39 Å². The lowest BCUT2D eigenvalue weighted by Gasteiger charge is -1.95. The summed E-state index contributed by atoms with van der Waals surface area (Å²) in [4.78, 5) is 3.66. The van der Waals surface area contributed by atoms with Gasteiger partial charge in [-0.15, -0.1) is 0 Å². The first kappa shape index (κ1) is 7.22. The highest BCUT2D eigenvalue weighted by Gasteiger charge is 2.01. The van der Waals surface area contributed by atoms with Crippen LogP contribution in [0.25, 0.3) is 6.08 Å². The molecule has 0 aliphatic carbocycles. The quantitative estimate of drug-likeness (QED) is 0.571. The molecule has 0 saturated heterocycles. The number of hydrogen-bond acceptors (Lipinski definition) is 1. The largest absolute Gasteiger partial charge is 0.244 e. The minimum absolute atomic E-state index is 0.148. The molecule has 1 nitrogen and oxygen atoms in total. The molecule has 0 atom stereocenters. The van der Waals surface area contributed by atoms with Crippen LogP contribution in [0.2, 0.25) is 5.15 Å². The average Bonchev–Trinajstić information content (AvgIpc) is 1.88. The summed E-state index contributed by atoms with van der Waals surface area (Å²) in [5, 5.41) is 0.148.